The number of hydrogen-bond acceptors (Lipinski definition) is 5. The molecule has 0 saturated heterocycles. The Labute approximate surface area is 156 Å². The fourth-order valence-corrected chi connectivity index (χ4v) is 2.79. The number of nitro benzene ring substituents is 1. The Hall–Kier alpha value is -3.55. The zero-order chi connectivity index (χ0) is 19.6. The standard InChI is InChI=1S/C19H19N5O3/c1-13-4-5-16(10-18(13)24(26)27)19(25)22(3)14(2)15-6-8-17(9-7-15)23-12-20-11-21-23/h4-12,14H,1-3H3. The van der Waals surface area contributed by atoms with Crippen molar-refractivity contribution in [3.63, 3.8) is 0 Å². The van der Waals surface area contributed by atoms with Crippen LogP contribution in [0.3, 0.4) is 0 Å². The van der Waals surface area contributed by atoms with Crippen molar-refractivity contribution < 1.29 is 9.72 Å². The minimum Gasteiger partial charge on any atom is -0.335 e. The van der Waals surface area contributed by atoms with E-state index in [-0.39, 0.29) is 17.6 Å². The predicted octanol–water partition coefficient (Wildman–Crippen LogP) is 3.32. The summed E-state index contributed by atoms with van der Waals surface area (Å²) in [4.78, 5) is 28.9. The molecule has 1 unspecified atom stereocenters. The van der Waals surface area contributed by atoms with Crippen LogP contribution in [0.15, 0.2) is 55.1 Å². The molecule has 2 aromatic carbocycles. The van der Waals surface area contributed by atoms with E-state index in [1.807, 2.05) is 31.2 Å². The van der Waals surface area contributed by atoms with Gasteiger partial charge >= 0.3 is 0 Å². The maximum Gasteiger partial charge on any atom is 0.273 e. The van der Waals surface area contributed by atoms with Crippen molar-refractivity contribution in [1.82, 2.24) is 19.7 Å². The van der Waals surface area contributed by atoms with E-state index >= 15 is 0 Å². The Kier molecular flexibility index (Phi) is 4.98. The molecule has 0 aliphatic heterocycles. The number of amides is 1. The fraction of sp³-hybridized carbons (Fsp3) is 0.211. The summed E-state index contributed by atoms with van der Waals surface area (Å²) in [7, 11) is 1.68. The number of nitrogens with zero attached hydrogens (tertiary/aromatic N) is 5. The summed E-state index contributed by atoms with van der Waals surface area (Å²) in [6.07, 6.45) is 3.07. The second kappa shape index (κ2) is 7.36. The molecule has 0 radical (unpaired) electrons. The average Bonchev–Trinajstić information content (AvgIpc) is 3.21. The van der Waals surface area contributed by atoms with Crippen LogP contribution < -0.4 is 0 Å². The molecule has 0 fully saturated rings. The molecular formula is C19H19N5O3. The summed E-state index contributed by atoms with van der Waals surface area (Å²) in [5.74, 6) is -0.272. The zero-order valence-corrected chi connectivity index (χ0v) is 15.2. The third-order valence-electron chi connectivity index (χ3n) is 4.61. The molecule has 1 atom stereocenters. The molecule has 0 spiro atoms. The van der Waals surface area contributed by atoms with Crippen LogP contribution in [0.25, 0.3) is 5.69 Å². The molecule has 0 saturated carbocycles. The van der Waals surface area contributed by atoms with Gasteiger partial charge in [-0.2, -0.15) is 5.10 Å². The van der Waals surface area contributed by atoms with Crippen LogP contribution in [0.4, 0.5) is 5.69 Å². The number of benzene rings is 2. The van der Waals surface area contributed by atoms with Gasteiger partial charge in [0.25, 0.3) is 11.6 Å². The van der Waals surface area contributed by atoms with Gasteiger partial charge in [0.1, 0.15) is 12.7 Å². The summed E-state index contributed by atoms with van der Waals surface area (Å²) in [5.41, 5.74) is 2.57. The Morgan fingerprint density at radius 2 is 1.93 bits per heavy atom. The van der Waals surface area contributed by atoms with Crippen molar-refractivity contribution in [1.29, 1.82) is 0 Å². The smallest absolute Gasteiger partial charge is 0.273 e. The highest BCUT2D eigenvalue weighted by atomic mass is 16.6. The Morgan fingerprint density at radius 1 is 1.22 bits per heavy atom. The van der Waals surface area contributed by atoms with Crippen molar-refractivity contribution >= 4 is 11.6 Å². The number of aryl methyl sites for hydroxylation is 1. The Morgan fingerprint density at radius 3 is 2.52 bits per heavy atom. The van der Waals surface area contributed by atoms with Crippen LogP contribution in [-0.4, -0.2) is 37.5 Å². The molecule has 138 valence electrons. The number of carbonyl (C=O) groups is 1. The molecule has 0 aliphatic rings. The van der Waals surface area contributed by atoms with Gasteiger partial charge in [-0.05, 0) is 37.6 Å². The molecule has 0 bridgehead atoms. The second-order valence-corrected chi connectivity index (χ2v) is 6.28. The van der Waals surface area contributed by atoms with Gasteiger partial charge in [0.15, 0.2) is 0 Å². The second-order valence-electron chi connectivity index (χ2n) is 6.28. The Balaban J connectivity index is 1.80. The fourth-order valence-electron chi connectivity index (χ4n) is 2.79. The third kappa shape index (κ3) is 3.69. The highest BCUT2D eigenvalue weighted by molar-refractivity contribution is 5.95. The number of nitro groups is 1. The lowest BCUT2D eigenvalue weighted by molar-refractivity contribution is -0.385. The lowest BCUT2D eigenvalue weighted by Crippen LogP contribution is -2.29. The molecule has 1 aromatic heterocycles. The lowest BCUT2D eigenvalue weighted by Gasteiger charge is -2.25. The van der Waals surface area contributed by atoms with Crippen molar-refractivity contribution in [3.8, 4) is 5.69 Å². The highest BCUT2D eigenvalue weighted by Gasteiger charge is 2.21. The number of carbonyl (C=O) groups excluding carboxylic acids is 1. The maximum absolute atomic E-state index is 12.8. The van der Waals surface area contributed by atoms with Gasteiger partial charge in [0.2, 0.25) is 0 Å². The van der Waals surface area contributed by atoms with E-state index in [0.29, 0.717) is 11.1 Å². The van der Waals surface area contributed by atoms with Crippen molar-refractivity contribution in [2.75, 3.05) is 7.05 Å². The summed E-state index contributed by atoms with van der Waals surface area (Å²) in [5, 5.41) is 15.2. The molecule has 0 aliphatic carbocycles. The summed E-state index contributed by atoms with van der Waals surface area (Å²) >= 11 is 0. The maximum atomic E-state index is 12.8. The quantitative estimate of drug-likeness (QED) is 0.511. The molecule has 1 heterocycles. The summed E-state index contributed by atoms with van der Waals surface area (Å²) in [6, 6.07) is 12.0. The molecule has 27 heavy (non-hydrogen) atoms. The van der Waals surface area contributed by atoms with Gasteiger partial charge < -0.3 is 4.90 Å². The summed E-state index contributed by atoms with van der Waals surface area (Å²) in [6.45, 7) is 3.56. The topological polar surface area (TPSA) is 94.2 Å². The van der Waals surface area contributed by atoms with Crippen LogP contribution in [-0.2, 0) is 0 Å². The number of rotatable bonds is 5. The molecule has 8 nitrogen and oxygen atoms in total. The van der Waals surface area contributed by atoms with Gasteiger partial charge in [-0.15, -0.1) is 0 Å². The van der Waals surface area contributed by atoms with Gasteiger partial charge in [0, 0.05) is 24.2 Å². The third-order valence-corrected chi connectivity index (χ3v) is 4.61. The molecule has 3 aromatic rings. The van der Waals surface area contributed by atoms with E-state index in [9.17, 15) is 14.9 Å². The lowest BCUT2D eigenvalue weighted by atomic mass is 10.0. The van der Waals surface area contributed by atoms with Crippen LogP contribution in [0.2, 0.25) is 0 Å². The van der Waals surface area contributed by atoms with E-state index in [2.05, 4.69) is 10.1 Å². The molecule has 3 rings (SSSR count). The van der Waals surface area contributed by atoms with E-state index < -0.39 is 4.92 Å². The molecular weight excluding hydrogens is 346 g/mol. The minimum absolute atomic E-state index is 0.0564. The van der Waals surface area contributed by atoms with E-state index in [1.54, 1.807) is 42.0 Å². The van der Waals surface area contributed by atoms with Gasteiger partial charge in [-0.3, -0.25) is 14.9 Å². The minimum atomic E-state index is -0.474. The van der Waals surface area contributed by atoms with E-state index in [1.165, 1.54) is 12.4 Å². The van der Waals surface area contributed by atoms with E-state index in [0.717, 1.165) is 11.3 Å². The van der Waals surface area contributed by atoms with Crippen molar-refractivity contribution in [2.24, 2.45) is 0 Å². The molecule has 0 N–H and O–H groups in total. The first kappa shape index (κ1) is 18.2. The zero-order valence-electron chi connectivity index (χ0n) is 15.2. The van der Waals surface area contributed by atoms with Crippen LogP contribution in [0.5, 0.6) is 0 Å². The number of aromatic nitrogens is 3. The largest absolute Gasteiger partial charge is 0.335 e. The van der Waals surface area contributed by atoms with Gasteiger partial charge in [0.05, 0.1) is 16.7 Å². The Bertz CT molecular complexity index is 968. The molecule has 1 amide bonds. The normalized spacial score (nSPS) is 11.8. The van der Waals surface area contributed by atoms with Crippen molar-refractivity contribution in [2.45, 2.75) is 19.9 Å². The van der Waals surface area contributed by atoms with E-state index in [4.69, 9.17) is 0 Å². The van der Waals surface area contributed by atoms with Crippen LogP contribution in [0, 0.1) is 17.0 Å². The van der Waals surface area contributed by atoms with Crippen LogP contribution >= 0.6 is 0 Å². The summed E-state index contributed by atoms with van der Waals surface area (Å²) < 4.78 is 1.65. The first-order chi connectivity index (χ1) is 12.9. The van der Waals surface area contributed by atoms with Crippen LogP contribution in [0.1, 0.15) is 34.5 Å². The van der Waals surface area contributed by atoms with Gasteiger partial charge in [-0.1, -0.05) is 18.2 Å². The first-order valence-electron chi connectivity index (χ1n) is 8.35. The number of hydrogen-bond donors (Lipinski definition) is 0. The van der Waals surface area contributed by atoms with Gasteiger partial charge in [-0.25, -0.2) is 9.67 Å². The first-order valence-corrected chi connectivity index (χ1v) is 8.35. The average molecular weight is 365 g/mol. The predicted molar refractivity (Wildman–Crippen MR) is 99.7 cm³/mol. The van der Waals surface area contributed by atoms with Crippen molar-refractivity contribution in [3.05, 3.63) is 81.9 Å². The SMILES string of the molecule is Cc1ccc(C(=O)N(C)C(C)c2ccc(-n3cncn3)cc2)cc1[N+](=O)[O-]. The molecule has 8 heteroatoms. The monoisotopic (exact) mass is 365 g/mol. The highest BCUT2D eigenvalue weighted by Crippen LogP contribution is 2.24.